The van der Waals surface area contributed by atoms with Gasteiger partial charge in [-0.05, 0) is 55.2 Å². The minimum absolute atomic E-state index is 0.290. The largest absolute Gasteiger partial charge is 0.341 e. The zero-order chi connectivity index (χ0) is 15.6. The lowest BCUT2D eigenvalue weighted by Crippen LogP contribution is -2.47. The minimum atomic E-state index is 0.290. The van der Waals surface area contributed by atoms with Crippen molar-refractivity contribution >= 4 is 5.91 Å². The van der Waals surface area contributed by atoms with Crippen LogP contribution in [0.1, 0.15) is 37.7 Å². The fourth-order valence-corrected chi connectivity index (χ4v) is 4.40. The van der Waals surface area contributed by atoms with Gasteiger partial charge in [0.25, 0.3) is 0 Å². The maximum Gasteiger partial charge on any atom is 0.227 e. The molecule has 5 rings (SSSR count). The fraction of sp³-hybridized carbons (Fsp3) is 0.684. The van der Waals surface area contributed by atoms with Crippen LogP contribution in [0.25, 0.3) is 0 Å². The molecule has 1 aromatic rings. The number of fused-ring (bicyclic) bond motifs is 4. The summed E-state index contributed by atoms with van der Waals surface area (Å²) < 4.78 is 0. The molecule has 4 heteroatoms. The zero-order valence-electron chi connectivity index (χ0n) is 13.9. The molecule has 4 nitrogen and oxygen atoms in total. The Morgan fingerprint density at radius 3 is 2.65 bits per heavy atom. The topological polar surface area (TPSA) is 36.4 Å². The Morgan fingerprint density at radius 2 is 1.91 bits per heavy atom. The van der Waals surface area contributed by atoms with E-state index in [2.05, 4.69) is 14.8 Å². The Kier molecular flexibility index (Phi) is 4.34. The number of hydrogen-bond donors (Lipinski definition) is 0. The fourth-order valence-electron chi connectivity index (χ4n) is 4.40. The molecule has 1 amide bonds. The molecule has 3 saturated heterocycles. The predicted octanol–water partition coefficient (Wildman–Crippen LogP) is 2.35. The Bertz CT molecular complexity index is 543. The third-order valence-corrected chi connectivity index (χ3v) is 6.00. The van der Waals surface area contributed by atoms with E-state index < -0.39 is 0 Å². The Morgan fingerprint density at radius 1 is 1.09 bits per heavy atom. The summed E-state index contributed by atoms with van der Waals surface area (Å²) in [6.45, 7) is 4.38. The second-order valence-electron chi connectivity index (χ2n) is 7.68. The third-order valence-electron chi connectivity index (χ3n) is 6.00. The molecule has 1 aliphatic carbocycles. The highest BCUT2D eigenvalue weighted by atomic mass is 16.2. The summed E-state index contributed by atoms with van der Waals surface area (Å²) in [6, 6.07) is 4.50. The van der Waals surface area contributed by atoms with Crippen LogP contribution in [0.3, 0.4) is 0 Å². The van der Waals surface area contributed by atoms with Crippen LogP contribution in [0.4, 0.5) is 0 Å². The molecule has 23 heavy (non-hydrogen) atoms. The van der Waals surface area contributed by atoms with E-state index in [0.717, 1.165) is 24.6 Å². The molecule has 0 spiro atoms. The number of amides is 1. The summed E-state index contributed by atoms with van der Waals surface area (Å²) in [6.07, 6.45) is 10.9. The van der Waals surface area contributed by atoms with Crippen LogP contribution in [0.2, 0.25) is 0 Å². The predicted molar refractivity (Wildman–Crippen MR) is 89.9 cm³/mol. The summed E-state index contributed by atoms with van der Waals surface area (Å²) in [4.78, 5) is 21.6. The van der Waals surface area contributed by atoms with Crippen LogP contribution >= 0.6 is 0 Å². The summed E-state index contributed by atoms with van der Waals surface area (Å²) >= 11 is 0. The van der Waals surface area contributed by atoms with Gasteiger partial charge >= 0.3 is 0 Å². The molecule has 1 saturated carbocycles. The molecule has 0 aromatic carbocycles. The van der Waals surface area contributed by atoms with Crippen molar-refractivity contribution in [3.63, 3.8) is 0 Å². The Labute approximate surface area is 138 Å². The molecule has 3 aliphatic heterocycles. The molecule has 2 atom stereocenters. The van der Waals surface area contributed by atoms with Gasteiger partial charge in [0.1, 0.15) is 0 Å². The first-order chi connectivity index (χ1) is 11.3. The van der Waals surface area contributed by atoms with Gasteiger partial charge in [-0.25, -0.2) is 0 Å². The third kappa shape index (κ3) is 3.42. The molecule has 4 heterocycles. The van der Waals surface area contributed by atoms with E-state index in [1.165, 1.54) is 45.2 Å². The number of pyridine rings is 1. The molecule has 124 valence electrons. The number of aromatic nitrogens is 1. The van der Waals surface area contributed by atoms with Gasteiger partial charge in [0.05, 0.1) is 6.42 Å². The normalized spacial score (nSPS) is 28.4. The van der Waals surface area contributed by atoms with Crippen molar-refractivity contribution in [3.8, 4) is 0 Å². The number of carbonyl (C=O) groups excluding carboxylic acids is 1. The van der Waals surface area contributed by atoms with Crippen molar-refractivity contribution in [1.82, 2.24) is 14.8 Å². The van der Waals surface area contributed by atoms with Crippen molar-refractivity contribution in [1.29, 1.82) is 0 Å². The molecular formula is C19H27N3O. The summed E-state index contributed by atoms with van der Waals surface area (Å²) in [7, 11) is 0. The van der Waals surface area contributed by atoms with Gasteiger partial charge < -0.3 is 4.90 Å². The molecular weight excluding hydrogens is 286 g/mol. The first kappa shape index (κ1) is 15.1. The van der Waals surface area contributed by atoms with Gasteiger partial charge in [-0.15, -0.1) is 0 Å². The highest BCUT2D eigenvalue weighted by molar-refractivity contribution is 5.78. The van der Waals surface area contributed by atoms with Crippen molar-refractivity contribution in [2.24, 2.45) is 11.8 Å². The molecule has 1 aromatic heterocycles. The van der Waals surface area contributed by atoms with Crippen LogP contribution in [-0.4, -0.2) is 52.9 Å². The SMILES string of the molecule is O=C(Cc1ccncc1)N1C[C@H]2CC[C@@H](C1)N(CC1CCC1)C2. The van der Waals surface area contributed by atoms with Crippen molar-refractivity contribution in [2.75, 3.05) is 26.2 Å². The molecule has 0 radical (unpaired) electrons. The van der Waals surface area contributed by atoms with E-state index in [-0.39, 0.29) is 0 Å². The van der Waals surface area contributed by atoms with Gasteiger partial charge in [-0.3, -0.25) is 14.7 Å². The van der Waals surface area contributed by atoms with Gasteiger partial charge in [-0.1, -0.05) is 6.42 Å². The number of hydrogen-bond acceptors (Lipinski definition) is 3. The van der Waals surface area contributed by atoms with E-state index in [1.54, 1.807) is 12.4 Å². The van der Waals surface area contributed by atoms with Crippen molar-refractivity contribution in [3.05, 3.63) is 30.1 Å². The molecule has 2 bridgehead atoms. The van der Waals surface area contributed by atoms with E-state index in [9.17, 15) is 4.79 Å². The lowest BCUT2D eigenvalue weighted by atomic mass is 9.83. The lowest BCUT2D eigenvalue weighted by Gasteiger charge is -2.40. The average molecular weight is 313 g/mol. The average Bonchev–Trinajstić information content (AvgIpc) is 2.84. The number of nitrogens with zero attached hydrogens (tertiary/aromatic N) is 3. The van der Waals surface area contributed by atoms with Crippen LogP contribution in [-0.2, 0) is 11.2 Å². The van der Waals surface area contributed by atoms with Crippen LogP contribution < -0.4 is 0 Å². The van der Waals surface area contributed by atoms with E-state index in [0.29, 0.717) is 24.3 Å². The van der Waals surface area contributed by atoms with Crippen LogP contribution in [0, 0.1) is 11.8 Å². The summed E-state index contributed by atoms with van der Waals surface area (Å²) in [5, 5.41) is 0. The minimum Gasteiger partial charge on any atom is -0.341 e. The summed E-state index contributed by atoms with van der Waals surface area (Å²) in [5.74, 6) is 1.89. The van der Waals surface area contributed by atoms with Gasteiger partial charge in [0.15, 0.2) is 0 Å². The molecule has 4 aliphatic rings. The monoisotopic (exact) mass is 313 g/mol. The number of piperidine rings is 1. The quantitative estimate of drug-likeness (QED) is 0.856. The zero-order valence-corrected chi connectivity index (χ0v) is 13.9. The second kappa shape index (κ2) is 6.60. The smallest absolute Gasteiger partial charge is 0.227 e. The highest BCUT2D eigenvalue weighted by Gasteiger charge is 2.37. The van der Waals surface area contributed by atoms with Gasteiger partial charge in [-0.2, -0.15) is 0 Å². The van der Waals surface area contributed by atoms with Gasteiger partial charge in [0, 0.05) is 44.6 Å². The van der Waals surface area contributed by atoms with Gasteiger partial charge in [0.2, 0.25) is 5.91 Å². The van der Waals surface area contributed by atoms with Crippen molar-refractivity contribution < 1.29 is 4.79 Å². The molecule has 4 fully saturated rings. The maximum atomic E-state index is 12.7. The van der Waals surface area contributed by atoms with Crippen molar-refractivity contribution in [2.45, 2.75) is 44.6 Å². The lowest BCUT2D eigenvalue weighted by molar-refractivity contribution is -0.130. The van der Waals surface area contributed by atoms with Crippen LogP contribution in [0.5, 0.6) is 0 Å². The second-order valence-corrected chi connectivity index (χ2v) is 7.68. The molecule has 0 N–H and O–H groups in total. The van der Waals surface area contributed by atoms with E-state index in [1.807, 2.05) is 12.1 Å². The Balaban J connectivity index is 1.39. The van der Waals surface area contributed by atoms with E-state index in [4.69, 9.17) is 0 Å². The first-order valence-electron chi connectivity index (χ1n) is 9.18. The first-order valence-corrected chi connectivity index (χ1v) is 9.18. The molecule has 0 unspecified atom stereocenters. The Hall–Kier alpha value is -1.42. The van der Waals surface area contributed by atoms with Crippen LogP contribution in [0.15, 0.2) is 24.5 Å². The van der Waals surface area contributed by atoms with E-state index >= 15 is 0 Å². The summed E-state index contributed by atoms with van der Waals surface area (Å²) in [5.41, 5.74) is 1.08. The highest BCUT2D eigenvalue weighted by Crippen LogP contribution is 2.33. The maximum absolute atomic E-state index is 12.7. The number of carbonyl (C=O) groups is 1. The number of rotatable bonds is 4. The standard InChI is InChI=1S/C19H27N3O/c23-19(10-15-6-8-20-9-7-15)22-13-17-4-5-18(14-22)21(12-17)11-16-2-1-3-16/h6-9,16-18H,1-5,10-14H2/t17-,18-/m0/s1.